The molecule has 2 N–H and O–H groups in total. The summed E-state index contributed by atoms with van der Waals surface area (Å²) in [6.07, 6.45) is 4.10. The molecule has 16 heavy (non-hydrogen) atoms. The molecule has 3 heteroatoms. The molecule has 0 aromatic rings. The minimum atomic E-state index is 0.410. The fourth-order valence-corrected chi connectivity index (χ4v) is 3.84. The Morgan fingerprint density at radius 2 is 1.81 bits per heavy atom. The molecule has 3 aliphatic rings. The Labute approximate surface area is 99.0 Å². The van der Waals surface area contributed by atoms with Gasteiger partial charge in [0.05, 0.1) is 0 Å². The number of nitrogens with two attached hydrogens (primary N) is 1. The van der Waals surface area contributed by atoms with Gasteiger partial charge in [-0.25, -0.2) is 0 Å². The van der Waals surface area contributed by atoms with Gasteiger partial charge in [-0.3, -0.25) is 4.90 Å². The summed E-state index contributed by atoms with van der Waals surface area (Å²) in [7, 11) is 0. The number of piperidine rings is 2. The normalized spacial score (nSPS) is 49.5. The minimum absolute atomic E-state index is 0.410. The van der Waals surface area contributed by atoms with Gasteiger partial charge in [-0.05, 0) is 50.7 Å². The molecule has 0 saturated carbocycles. The van der Waals surface area contributed by atoms with Gasteiger partial charge in [0.15, 0.2) is 0 Å². The molecular weight excluding hydrogens is 198 g/mol. The molecule has 92 valence electrons. The number of rotatable bonds is 1. The van der Waals surface area contributed by atoms with Gasteiger partial charge in [0.2, 0.25) is 0 Å². The predicted octanol–water partition coefficient (Wildman–Crippen LogP) is 0.750. The molecule has 3 aliphatic heterocycles. The summed E-state index contributed by atoms with van der Waals surface area (Å²) in [6, 6.07) is 1.26. The van der Waals surface area contributed by atoms with Crippen molar-refractivity contribution in [2.75, 3.05) is 32.7 Å². The van der Waals surface area contributed by atoms with Crippen LogP contribution in [-0.4, -0.2) is 54.6 Å². The summed E-state index contributed by atoms with van der Waals surface area (Å²) >= 11 is 0. The van der Waals surface area contributed by atoms with Crippen LogP contribution in [0.2, 0.25) is 0 Å². The molecule has 0 spiro atoms. The number of nitrogens with zero attached hydrogens (tertiary/aromatic N) is 2. The second-order valence-corrected chi connectivity index (χ2v) is 6.13. The maximum atomic E-state index is 6.22. The standard InChI is InChI=1S/C13H25N3/c1-10-2-7-16(9-12(10)14)13-4-6-15-5-3-11(13)8-15/h10-13H,2-9,14H2,1H3. The van der Waals surface area contributed by atoms with E-state index < -0.39 is 0 Å². The van der Waals surface area contributed by atoms with Crippen molar-refractivity contribution >= 4 is 0 Å². The summed E-state index contributed by atoms with van der Waals surface area (Å²) in [4.78, 5) is 5.34. The Kier molecular flexibility index (Phi) is 2.94. The van der Waals surface area contributed by atoms with Crippen LogP contribution < -0.4 is 5.73 Å². The molecule has 3 saturated heterocycles. The summed E-state index contributed by atoms with van der Waals surface area (Å²) in [6.45, 7) is 8.75. The van der Waals surface area contributed by atoms with Gasteiger partial charge in [0.25, 0.3) is 0 Å². The zero-order chi connectivity index (χ0) is 11.1. The van der Waals surface area contributed by atoms with Crippen molar-refractivity contribution in [3.05, 3.63) is 0 Å². The van der Waals surface area contributed by atoms with Crippen molar-refractivity contribution in [3.63, 3.8) is 0 Å². The third-order valence-electron chi connectivity index (χ3n) is 5.11. The van der Waals surface area contributed by atoms with E-state index in [0.29, 0.717) is 6.04 Å². The van der Waals surface area contributed by atoms with Crippen LogP contribution in [0, 0.1) is 11.8 Å². The van der Waals surface area contributed by atoms with Crippen LogP contribution in [0.25, 0.3) is 0 Å². The average molecular weight is 223 g/mol. The van der Waals surface area contributed by atoms with Gasteiger partial charge in [-0.2, -0.15) is 0 Å². The first-order chi connectivity index (χ1) is 7.74. The highest BCUT2D eigenvalue weighted by Gasteiger charge is 2.39. The Bertz CT molecular complexity index is 256. The zero-order valence-corrected chi connectivity index (χ0v) is 10.4. The smallest absolute Gasteiger partial charge is 0.0194 e. The molecule has 3 fully saturated rings. The monoisotopic (exact) mass is 223 g/mol. The van der Waals surface area contributed by atoms with E-state index in [2.05, 4.69) is 16.7 Å². The summed E-state index contributed by atoms with van der Waals surface area (Å²) < 4.78 is 0. The Morgan fingerprint density at radius 1 is 1.00 bits per heavy atom. The van der Waals surface area contributed by atoms with Crippen LogP contribution in [-0.2, 0) is 0 Å². The van der Waals surface area contributed by atoms with E-state index in [0.717, 1.165) is 24.4 Å². The highest BCUT2D eigenvalue weighted by Crippen LogP contribution is 2.32. The maximum Gasteiger partial charge on any atom is 0.0194 e. The molecule has 0 aromatic carbocycles. The highest BCUT2D eigenvalue weighted by molar-refractivity contribution is 4.94. The maximum absolute atomic E-state index is 6.22. The van der Waals surface area contributed by atoms with E-state index >= 15 is 0 Å². The fourth-order valence-electron chi connectivity index (χ4n) is 3.84. The Hall–Kier alpha value is -0.120. The molecule has 0 aliphatic carbocycles. The van der Waals surface area contributed by atoms with Crippen LogP contribution in [0.1, 0.15) is 26.2 Å². The number of hydrogen-bond acceptors (Lipinski definition) is 3. The fraction of sp³-hybridized carbons (Fsp3) is 1.00. The third-order valence-corrected chi connectivity index (χ3v) is 5.11. The van der Waals surface area contributed by atoms with Crippen molar-refractivity contribution in [1.29, 1.82) is 0 Å². The van der Waals surface area contributed by atoms with Gasteiger partial charge in [-0.1, -0.05) is 6.92 Å². The SMILES string of the molecule is CC1CCN(C2CCN3CCC2C3)CC1N. The molecule has 0 aromatic heterocycles. The zero-order valence-electron chi connectivity index (χ0n) is 10.4. The van der Waals surface area contributed by atoms with Gasteiger partial charge in [-0.15, -0.1) is 0 Å². The molecule has 3 rings (SSSR count). The molecule has 3 nitrogen and oxygen atoms in total. The van der Waals surface area contributed by atoms with Gasteiger partial charge >= 0.3 is 0 Å². The van der Waals surface area contributed by atoms with E-state index in [4.69, 9.17) is 5.73 Å². The van der Waals surface area contributed by atoms with E-state index in [9.17, 15) is 0 Å². The first-order valence-electron chi connectivity index (χ1n) is 6.96. The quantitative estimate of drug-likeness (QED) is 0.712. The van der Waals surface area contributed by atoms with E-state index in [-0.39, 0.29) is 0 Å². The van der Waals surface area contributed by atoms with Crippen LogP contribution in [0.3, 0.4) is 0 Å². The molecule has 0 radical (unpaired) electrons. The van der Waals surface area contributed by atoms with Crippen molar-refractivity contribution in [3.8, 4) is 0 Å². The van der Waals surface area contributed by atoms with Gasteiger partial charge in [0, 0.05) is 25.2 Å². The Morgan fingerprint density at radius 3 is 2.62 bits per heavy atom. The molecule has 5 unspecified atom stereocenters. The summed E-state index contributed by atoms with van der Waals surface area (Å²) in [5, 5.41) is 0. The van der Waals surface area contributed by atoms with Crippen LogP contribution in [0.4, 0.5) is 0 Å². The van der Waals surface area contributed by atoms with Crippen molar-refractivity contribution < 1.29 is 0 Å². The lowest BCUT2D eigenvalue weighted by atomic mass is 9.87. The minimum Gasteiger partial charge on any atom is -0.326 e. The van der Waals surface area contributed by atoms with Gasteiger partial charge < -0.3 is 10.6 Å². The lowest BCUT2D eigenvalue weighted by Crippen LogP contribution is -2.55. The van der Waals surface area contributed by atoms with Crippen LogP contribution in [0.5, 0.6) is 0 Å². The van der Waals surface area contributed by atoms with Crippen molar-refractivity contribution in [2.24, 2.45) is 17.6 Å². The largest absolute Gasteiger partial charge is 0.326 e. The second-order valence-electron chi connectivity index (χ2n) is 6.13. The third kappa shape index (κ3) is 1.89. The van der Waals surface area contributed by atoms with Crippen molar-refractivity contribution in [1.82, 2.24) is 9.80 Å². The molecule has 0 amide bonds. The molecule has 2 bridgehead atoms. The Balaban J connectivity index is 1.64. The van der Waals surface area contributed by atoms with Crippen molar-refractivity contribution in [2.45, 2.75) is 38.3 Å². The molecule has 3 heterocycles. The lowest BCUT2D eigenvalue weighted by Gasteiger charge is -2.44. The van der Waals surface area contributed by atoms with E-state index in [1.807, 2.05) is 0 Å². The highest BCUT2D eigenvalue weighted by atomic mass is 15.2. The number of fused-ring (bicyclic) bond motifs is 2. The second kappa shape index (κ2) is 4.28. The van der Waals surface area contributed by atoms with E-state index in [1.54, 1.807) is 0 Å². The molecular formula is C13H25N3. The van der Waals surface area contributed by atoms with E-state index in [1.165, 1.54) is 45.4 Å². The average Bonchev–Trinajstić information content (AvgIpc) is 2.65. The summed E-state index contributed by atoms with van der Waals surface area (Å²) in [5.41, 5.74) is 6.22. The first-order valence-corrected chi connectivity index (χ1v) is 6.96. The van der Waals surface area contributed by atoms with Crippen LogP contribution in [0.15, 0.2) is 0 Å². The predicted molar refractivity (Wildman–Crippen MR) is 66.3 cm³/mol. The first kappa shape index (κ1) is 11.0. The van der Waals surface area contributed by atoms with Gasteiger partial charge in [0.1, 0.15) is 0 Å². The van der Waals surface area contributed by atoms with Crippen LogP contribution >= 0.6 is 0 Å². The summed E-state index contributed by atoms with van der Waals surface area (Å²) in [5.74, 6) is 1.66. The molecule has 5 atom stereocenters. The number of likely N-dealkylation sites (tertiary alicyclic amines) is 1. The lowest BCUT2D eigenvalue weighted by molar-refractivity contribution is 0.0607. The topological polar surface area (TPSA) is 32.5 Å². The number of hydrogen-bond donors (Lipinski definition) is 1.